The quantitative estimate of drug-likeness (QED) is 0.793. The number of amides is 1. The molecule has 0 bridgehead atoms. The monoisotopic (exact) mass is 280 g/mol. The zero-order valence-corrected chi connectivity index (χ0v) is 12.0. The van der Waals surface area contributed by atoms with Crippen LogP contribution in [0.2, 0.25) is 0 Å². The third-order valence-electron chi connectivity index (χ3n) is 3.52. The van der Waals surface area contributed by atoms with Crippen molar-refractivity contribution in [2.45, 2.75) is 32.7 Å². The minimum Gasteiger partial charge on any atom is -0.480 e. The summed E-state index contributed by atoms with van der Waals surface area (Å²) in [6, 6.07) is 0.230. The lowest BCUT2D eigenvalue weighted by molar-refractivity contribution is -0.138. The maximum absolute atomic E-state index is 12.1. The Balaban J connectivity index is 1.98. The summed E-state index contributed by atoms with van der Waals surface area (Å²) < 4.78 is 1.71. The van der Waals surface area contributed by atoms with E-state index in [0.29, 0.717) is 5.69 Å². The molecule has 1 aliphatic rings. The van der Waals surface area contributed by atoms with Gasteiger partial charge >= 0.3 is 5.97 Å². The second-order valence-corrected chi connectivity index (χ2v) is 5.25. The van der Waals surface area contributed by atoms with E-state index >= 15 is 0 Å². The molecule has 0 atom stereocenters. The molecular weight excluding hydrogens is 260 g/mol. The molecule has 1 amide bonds. The zero-order valence-electron chi connectivity index (χ0n) is 12.0. The summed E-state index contributed by atoms with van der Waals surface area (Å²) in [5.41, 5.74) is 2.35. The largest absolute Gasteiger partial charge is 0.480 e. The van der Waals surface area contributed by atoms with Crippen LogP contribution in [-0.2, 0) is 16.6 Å². The summed E-state index contributed by atoms with van der Waals surface area (Å²) in [6.45, 7) is 3.72. The lowest BCUT2D eigenvalue weighted by Crippen LogP contribution is -2.38. The maximum Gasteiger partial charge on any atom is 0.317 e. The first-order valence-corrected chi connectivity index (χ1v) is 6.64. The summed E-state index contributed by atoms with van der Waals surface area (Å²) in [5, 5.41) is 15.9. The number of carboxylic acid groups (broad SMARTS) is 1. The Bertz CT molecular complexity index is 534. The molecule has 0 aromatic carbocycles. The summed E-state index contributed by atoms with van der Waals surface area (Å²) in [5.74, 6) is -1.10. The van der Waals surface area contributed by atoms with E-state index < -0.39 is 5.97 Å². The van der Waals surface area contributed by atoms with E-state index in [0.717, 1.165) is 24.2 Å². The average molecular weight is 280 g/mol. The molecule has 1 aromatic rings. The predicted octanol–water partition coefficient (Wildman–Crippen LogP) is 0.524. The molecule has 1 heterocycles. The fraction of sp³-hybridized carbons (Fsp3) is 0.615. The number of carbonyl (C=O) groups excluding carboxylic acids is 1. The van der Waals surface area contributed by atoms with Gasteiger partial charge in [-0.1, -0.05) is 0 Å². The minimum absolute atomic E-state index is 0.0942. The van der Waals surface area contributed by atoms with E-state index in [1.165, 1.54) is 0 Å². The van der Waals surface area contributed by atoms with Crippen LogP contribution in [0, 0.1) is 13.8 Å². The molecule has 1 saturated carbocycles. The molecule has 7 heteroatoms. The third-order valence-corrected chi connectivity index (χ3v) is 3.52. The number of nitrogens with zero attached hydrogens (tertiary/aromatic N) is 3. The highest BCUT2D eigenvalue weighted by Gasteiger charge is 2.31. The highest BCUT2D eigenvalue weighted by molar-refractivity contribution is 5.93. The highest BCUT2D eigenvalue weighted by atomic mass is 16.4. The van der Waals surface area contributed by atoms with E-state index in [1.54, 1.807) is 9.58 Å². The summed E-state index contributed by atoms with van der Waals surface area (Å²) in [4.78, 5) is 24.6. The topological polar surface area (TPSA) is 87.5 Å². The van der Waals surface area contributed by atoms with Gasteiger partial charge < -0.3 is 10.4 Å². The van der Waals surface area contributed by atoms with Crippen molar-refractivity contribution in [3.05, 3.63) is 11.4 Å². The van der Waals surface area contributed by atoms with E-state index in [9.17, 15) is 9.59 Å². The Morgan fingerprint density at radius 1 is 1.40 bits per heavy atom. The molecule has 0 spiro atoms. The molecule has 1 aliphatic carbocycles. The molecule has 1 aromatic heterocycles. The molecule has 1 fully saturated rings. The normalized spacial score (nSPS) is 14.6. The number of hydrogen-bond acceptors (Lipinski definition) is 4. The fourth-order valence-corrected chi connectivity index (χ4v) is 2.25. The van der Waals surface area contributed by atoms with Crippen molar-refractivity contribution in [3.8, 4) is 0 Å². The fourth-order valence-electron chi connectivity index (χ4n) is 2.25. The first kappa shape index (κ1) is 14.5. The van der Waals surface area contributed by atoms with Gasteiger partial charge in [0.25, 0.3) is 0 Å². The van der Waals surface area contributed by atoms with Crippen LogP contribution in [0.4, 0.5) is 5.69 Å². The number of carbonyl (C=O) groups is 2. The maximum atomic E-state index is 12.1. The van der Waals surface area contributed by atoms with E-state index in [-0.39, 0.29) is 25.0 Å². The number of carboxylic acids is 1. The van der Waals surface area contributed by atoms with Crippen LogP contribution < -0.4 is 5.32 Å². The van der Waals surface area contributed by atoms with Crippen molar-refractivity contribution in [1.82, 2.24) is 14.7 Å². The van der Waals surface area contributed by atoms with E-state index in [4.69, 9.17) is 5.11 Å². The lowest BCUT2D eigenvalue weighted by Gasteiger charge is -2.19. The zero-order chi connectivity index (χ0) is 14.9. The van der Waals surface area contributed by atoms with Crippen molar-refractivity contribution >= 4 is 17.6 Å². The highest BCUT2D eigenvalue weighted by Crippen LogP contribution is 2.26. The van der Waals surface area contributed by atoms with Crippen LogP contribution in [0.15, 0.2) is 0 Å². The van der Waals surface area contributed by atoms with Gasteiger partial charge in [0.2, 0.25) is 5.91 Å². The molecule has 0 saturated heterocycles. The molecule has 2 N–H and O–H groups in total. The van der Waals surface area contributed by atoms with Gasteiger partial charge in [-0.3, -0.25) is 19.2 Å². The van der Waals surface area contributed by atoms with E-state index in [2.05, 4.69) is 10.4 Å². The number of nitrogens with one attached hydrogen (secondary N) is 1. The lowest BCUT2D eigenvalue weighted by atomic mass is 10.3. The van der Waals surface area contributed by atoms with Crippen molar-refractivity contribution in [1.29, 1.82) is 0 Å². The average Bonchev–Trinajstić information content (AvgIpc) is 3.14. The Morgan fingerprint density at radius 3 is 2.50 bits per heavy atom. The molecule has 0 radical (unpaired) electrons. The van der Waals surface area contributed by atoms with Crippen molar-refractivity contribution in [2.75, 3.05) is 18.4 Å². The van der Waals surface area contributed by atoms with Gasteiger partial charge in [-0.25, -0.2) is 0 Å². The van der Waals surface area contributed by atoms with Gasteiger partial charge in [0.05, 0.1) is 30.2 Å². The number of hydrogen-bond donors (Lipinski definition) is 2. The molecular formula is C13H20N4O3. The third kappa shape index (κ3) is 3.36. The number of aryl methyl sites for hydroxylation is 2. The second kappa shape index (κ2) is 5.62. The Labute approximate surface area is 117 Å². The van der Waals surface area contributed by atoms with Gasteiger partial charge in [0, 0.05) is 13.1 Å². The minimum atomic E-state index is -0.904. The Kier molecular flexibility index (Phi) is 4.08. The van der Waals surface area contributed by atoms with Crippen LogP contribution in [0.25, 0.3) is 0 Å². The van der Waals surface area contributed by atoms with Crippen LogP contribution >= 0.6 is 0 Å². The van der Waals surface area contributed by atoms with Crippen LogP contribution in [0.5, 0.6) is 0 Å². The van der Waals surface area contributed by atoms with Gasteiger partial charge in [0.15, 0.2) is 0 Å². The predicted molar refractivity (Wildman–Crippen MR) is 73.5 cm³/mol. The number of aliphatic carboxylic acids is 1. The SMILES string of the molecule is Cc1nn(C)c(C)c1NC(=O)CN(CC(=O)O)C1CC1. The molecule has 0 aliphatic heterocycles. The van der Waals surface area contributed by atoms with Gasteiger partial charge in [0.1, 0.15) is 0 Å². The van der Waals surface area contributed by atoms with Crippen molar-refractivity contribution < 1.29 is 14.7 Å². The Hall–Kier alpha value is -1.89. The van der Waals surface area contributed by atoms with Crippen molar-refractivity contribution in [3.63, 3.8) is 0 Å². The molecule has 7 nitrogen and oxygen atoms in total. The van der Waals surface area contributed by atoms with Gasteiger partial charge in [-0.2, -0.15) is 5.10 Å². The smallest absolute Gasteiger partial charge is 0.317 e. The molecule has 110 valence electrons. The van der Waals surface area contributed by atoms with Crippen LogP contribution in [0.1, 0.15) is 24.2 Å². The first-order valence-electron chi connectivity index (χ1n) is 6.64. The van der Waals surface area contributed by atoms with Crippen LogP contribution in [-0.4, -0.2) is 50.8 Å². The van der Waals surface area contributed by atoms with E-state index in [1.807, 2.05) is 20.9 Å². The number of aromatic nitrogens is 2. The summed E-state index contributed by atoms with van der Waals surface area (Å²) in [6.07, 6.45) is 1.93. The van der Waals surface area contributed by atoms with Crippen molar-refractivity contribution in [2.24, 2.45) is 7.05 Å². The summed E-state index contributed by atoms with van der Waals surface area (Å²) in [7, 11) is 1.82. The second-order valence-electron chi connectivity index (χ2n) is 5.25. The molecule has 0 unspecified atom stereocenters. The molecule has 20 heavy (non-hydrogen) atoms. The Morgan fingerprint density at radius 2 is 2.05 bits per heavy atom. The first-order chi connectivity index (χ1) is 9.38. The number of anilines is 1. The molecule has 2 rings (SSSR count). The standard InChI is InChI=1S/C13H20N4O3/c1-8-13(9(2)16(3)15-8)14-11(18)6-17(7-12(19)20)10-4-5-10/h10H,4-7H2,1-3H3,(H,14,18)(H,19,20). The van der Waals surface area contributed by atoms with Gasteiger partial charge in [-0.05, 0) is 26.7 Å². The number of rotatable bonds is 6. The summed E-state index contributed by atoms with van der Waals surface area (Å²) >= 11 is 0. The van der Waals surface area contributed by atoms with Gasteiger partial charge in [-0.15, -0.1) is 0 Å². The van der Waals surface area contributed by atoms with Crippen LogP contribution in [0.3, 0.4) is 0 Å².